The molecule has 1 N–H and O–H groups in total. The summed E-state index contributed by atoms with van der Waals surface area (Å²) in [4.78, 5) is 28.7. The number of hydrogen-bond acceptors (Lipinski definition) is 4. The lowest BCUT2D eigenvalue weighted by molar-refractivity contribution is -0.127. The molecule has 0 aromatic heterocycles. The molecule has 2 rings (SSSR count). The van der Waals surface area contributed by atoms with E-state index in [1.807, 2.05) is 25.7 Å². The van der Waals surface area contributed by atoms with Crippen molar-refractivity contribution in [2.75, 3.05) is 45.0 Å². The van der Waals surface area contributed by atoms with E-state index in [9.17, 15) is 18.0 Å². The highest BCUT2D eigenvalue weighted by atomic mass is 32.2. The van der Waals surface area contributed by atoms with Gasteiger partial charge in [-0.25, -0.2) is 17.5 Å². The average Bonchev–Trinajstić information content (AvgIpc) is 2.69. The standard InChI is InChI=1S/C19H36N4O4S/c1-4-15-28(26,27)23-13-9-17(10-14-23)20-18(24)16-7-11-22(12-8-16)19(25)21(5-2)6-3/h16-17H,4-15H2,1-3H3,(H,20,24). The van der Waals surface area contributed by atoms with E-state index in [0.29, 0.717) is 71.4 Å². The summed E-state index contributed by atoms with van der Waals surface area (Å²) in [7, 11) is -3.15. The molecule has 0 aromatic carbocycles. The molecule has 2 heterocycles. The number of nitrogens with zero attached hydrogens (tertiary/aromatic N) is 3. The van der Waals surface area contributed by atoms with E-state index >= 15 is 0 Å². The summed E-state index contributed by atoms with van der Waals surface area (Å²) in [6.45, 7) is 9.38. The minimum Gasteiger partial charge on any atom is -0.353 e. The van der Waals surface area contributed by atoms with Gasteiger partial charge in [0.25, 0.3) is 0 Å². The van der Waals surface area contributed by atoms with Gasteiger partial charge >= 0.3 is 6.03 Å². The SMILES string of the molecule is CCCS(=O)(=O)N1CCC(NC(=O)C2CCN(C(=O)N(CC)CC)CC2)CC1. The second-order valence-electron chi connectivity index (χ2n) is 7.71. The largest absolute Gasteiger partial charge is 0.353 e. The van der Waals surface area contributed by atoms with Crippen molar-refractivity contribution in [1.82, 2.24) is 19.4 Å². The molecule has 0 bridgehead atoms. The van der Waals surface area contributed by atoms with Crippen LogP contribution < -0.4 is 5.32 Å². The van der Waals surface area contributed by atoms with E-state index < -0.39 is 10.0 Å². The number of nitrogens with one attached hydrogen (secondary N) is 1. The van der Waals surface area contributed by atoms with Crippen molar-refractivity contribution < 1.29 is 18.0 Å². The molecule has 9 heteroatoms. The molecule has 2 aliphatic heterocycles. The van der Waals surface area contributed by atoms with Crippen molar-refractivity contribution in [2.24, 2.45) is 5.92 Å². The highest BCUT2D eigenvalue weighted by Crippen LogP contribution is 2.20. The molecular formula is C19H36N4O4S. The minimum atomic E-state index is -3.15. The van der Waals surface area contributed by atoms with Gasteiger partial charge in [-0.05, 0) is 46.0 Å². The maximum atomic E-state index is 12.6. The van der Waals surface area contributed by atoms with Crippen LogP contribution in [0.4, 0.5) is 4.79 Å². The fourth-order valence-corrected chi connectivity index (χ4v) is 5.55. The van der Waals surface area contributed by atoms with Crippen LogP contribution >= 0.6 is 0 Å². The van der Waals surface area contributed by atoms with Crippen LogP contribution in [0.1, 0.15) is 52.9 Å². The summed E-state index contributed by atoms with van der Waals surface area (Å²) in [5.74, 6) is 0.168. The minimum absolute atomic E-state index is 0.0379. The molecule has 162 valence electrons. The third kappa shape index (κ3) is 5.83. The Morgan fingerprint density at radius 2 is 1.54 bits per heavy atom. The lowest BCUT2D eigenvalue weighted by Crippen LogP contribution is -2.51. The average molecular weight is 417 g/mol. The summed E-state index contributed by atoms with van der Waals surface area (Å²) in [6.07, 6.45) is 3.31. The zero-order valence-electron chi connectivity index (χ0n) is 17.5. The normalized spacial score (nSPS) is 20.2. The van der Waals surface area contributed by atoms with Crippen LogP contribution in [0, 0.1) is 5.92 Å². The lowest BCUT2D eigenvalue weighted by Gasteiger charge is -2.36. The van der Waals surface area contributed by atoms with Gasteiger partial charge in [-0.3, -0.25) is 4.79 Å². The molecule has 0 unspecified atom stereocenters. The number of amides is 3. The van der Waals surface area contributed by atoms with E-state index in [0.717, 1.165) is 0 Å². The van der Waals surface area contributed by atoms with Crippen LogP contribution in [0.15, 0.2) is 0 Å². The lowest BCUT2D eigenvalue weighted by atomic mass is 9.95. The van der Waals surface area contributed by atoms with Gasteiger partial charge in [0.05, 0.1) is 5.75 Å². The van der Waals surface area contributed by atoms with Crippen molar-refractivity contribution in [3.05, 3.63) is 0 Å². The Kier molecular flexibility index (Phi) is 8.55. The summed E-state index contributed by atoms with van der Waals surface area (Å²) in [5, 5.41) is 3.11. The zero-order chi connectivity index (χ0) is 20.7. The fourth-order valence-electron chi connectivity index (χ4n) is 4.01. The predicted molar refractivity (Wildman–Crippen MR) is 109 cm³/mol. The smallest absolute Gasteiger partial charge is 0.319 e. The third-order valence-electron chi connectivity index (χ3n) is 5.83. The van der Waals surface area contributed by atoms with Crippen molar-refractivity contribution in [3.8, 4) is 0 Å². The second kappa shape index (κ2) is 10.4. The maximum Gasteiger partial charge on any atom is 0.319 e. The van der Waals surface area contributed by atoms with Gasteiger partial charge in [0.15, 0.2) is 0 Å². The molecule has 2 fully saturated rings. The number of hydrogen-bond donors (Lipinski definition) is 1. The number of urea groups is 1. The second-order valence-corrected chi connectivity index (χ2v) is 9.80. The topological polar surface area (TPSA) is 90.0 Å². The molecule has 0 radical (unpaired) electrons. The predicted octanol–water partition coefficient (Wildman–Crippen LogP) is 1.48. The van der Waals surface area contributed by atoms with Crippen LogP contribution in [-0.4, -0.2) is 85.5 Å². The van der Waals surface area contributed by atoms with Gasteiger partial charge < -0.3 is 15.1 Å². The van der Waals surface area contributed by atoms with Gasteiger partial charge in [0, 0.05) is 51.2 Å². The molecule has 28 heavy (non-hydrogen) atoms. The Hall–Kier alpha value is -1.35. The molecule has 8 nitrogen and oxygen atoms in total. The fraction of sp³-hybridized carbons (Fsp3) is 0.895. The Labute approximate surface area is 169 Å². The number of carbonyl (C=O) groups is 2. The molecule has 2 aliphatic rings. The van der Waals surface area contributed by atoms with E-state index in [2.05, 4.69) is 5.32 Å². The van der Waals surface area contributed by atoms with Crippen molar-refractivity contribution >= 4 is 22.0 Å². The summed E-state index contributed by atoms with van der Waals surface area (Å²) in [6, 6.07) is 0.0976. The highest BCUT2D eigenvalue weighted by molar-refractivity contribution is 7.89. The quantitative estimate of drug-likeness (QED) is 0.681. The number of piperidine rings is 2. The van der Waals surface area contributed by atoms with E-state index in [-0.39, 0.29) is 29.7 Å². The van der Waals surface area contributed by atoms with E-state index in [1.165, 1.54) is 0 Å². The molecule has 0 spiro atoms. The van der Waals surface area contributed by atoms with Crippen LogP contribution in [0.2, 0.25) is 0 Å². The summed E-state index contributed by atoms with van der Waals surface area (Å²) >= 11 is 0. The first-order valence-electron chi connectivity index (χ1n) is 10.6. The number of rotatable bonds is 7. The Morgan fingerprint density at radius 1 is 0.964 bits per heavy atom. The van der Waals surface area contributed by atoms with Gasteiger partial charge in [0.1, 0.15) is 0 Å². The van der Waals surface area contributed by atoms with Gasteiger partial charge in [-0.15, -0.1) is 0 Å². The van der Waals surface area contributed by atoms with Crippen LogP contribution in [0.25, 0.3) is 0 Å². The summed E-state index contributed by atoms with van der Waals surface area (Å²) < 4.78 is 25.8. The monoisotopic (exact) mass is 416 g/mol. The molecule has 0 atom stereocenters. The van der Waals surface area contributed by atoms with Crippen LogP contribution in [0.5, 0.6) is 0 Å². The Morgan fingerprint density at radius 3 is 2.04 bits per heavy atom. The number of carbonyl (C=O) groups excluding carboxylic acids is 2. The summed E-state index contributed by atoms with van der Waals surface area (Å²) in [5.41, 5.74) is 0. The van der Waals surface area contributed by atoms with Crippen molar-refractivity contribution in [3.63, 3.8) is 0 Å². The first kappa shape index (κ1) is 22.9. The van der Waals surface area contributed by atoms with Gasteiger partial charge in [-0.2, -0.15) is 0 Å². The molecule has 2 saturated heterocycles. The molecule has 0 saturated carbocycles. The highest BCUT2D eigenvalue weighted by Gasteiger charge is 2.32. The molecule has 0 aromatic rings. The van der Waals surface area contributed by atoms with Crippen molar-refractivity contribution in [2.45, 2.75) is 58.9 Å². The maximum absolute atomic E-state index is 12.6. The van der Waals surface area contributed by atoms with E-state index in [1.54, 1.807) is 9.21 Å². The van der Waals surface area contributed by atoms with Crippen molar-refractivity contribution in [1.29, 1.82) is 0 Å². The zero-order valence-corrected chi connectivity index (χ0v) is 18.3. The number of likely N-dealkylation sites (tertiary alicyclic amines) is 1. The first-order valence-corrected chi connectivity index (χ1v) is 12.2. The molecular weight excluding hydrogens is 380 g/mol. The Bertz CT molecular complexity index is 620. The third-order valence-corrected chi connectivity index (χ3v) is 7.90. The molecule has 3 amide bonds. The van der Waals surface area contributed by atoms with Crippen LogP contribution in [0.3, 0.4) is 0 Å². The molecule has 0 aliphatic carbocycles. The first-order chi connectivity index (χ1) is 13.3. The van der Waals surface area contributed by atoms with Crippen LogP contribution in [-0.2, 0) is 14.8 Å². The number of sulfonamides is 1. The van der Waals surface area contributed by atoms with E-state index in [4.69, 9.17) is 0 Å². The Balaban J connectivity index is 1.76. The van der Waals surface area contributed by atoms with Gasteiger partial charge in [0.2, 0.25) is 15.9 Å². The van der Waals surface area contributed by atoms with Gasteiger partial charge in [-0.1, -0.05) is 6.92 Å².